The summed E-state index contributed by atoms with van der Waals surface area (Å²) in [6.07, 6.45) is -15.1. The first-order chi connectivity index (χ1) is 16.2. The molecule has 0 spiro atoms. The Hall–Kier alpha value is -1.76. The lowest BCUT2D eigenvalue weighted by atomic mass is 9.95. The number of thiocarbonyl (C=S) groups is 1. The predicted octanol–water partition coefficient (Wildman–Crippen LogP) is 9.49. The van der Waals surface area contributed by atoms with Gasteiger partial charge in [0.1, 0.15) is 23.3 Å². The average Bonchev–Trinajstić information content (AvgIpc) is 2.71. The Morgan fingerprint density at radius 3 is 1.92 bits per heavy atom. The van der Waals surface area contributed by atoms with Gasteiger partial charge in [-0.3, -0.25) is 0 Å². The number of hydrogen-bond donors (Lipinski definition) is 0. The number of rotatable bonds is 5. The van der Waals surface area contributed by atoms with Crippen molar-refractivity contribution in [2.75, 3.05) is 13.6 Å². The SMILES string of the molecule is CN(CC(F)(F)F)C(=S)c1ccc(/C(F)=C/C(c2cc(Cl)c(Cl)c(Cl)c2)C(F)(F)F)cc1C(F)(F)F. The molecule has 0 amide bonds. The van der Waals surface area contributed by atoms with E-state index in [0.717, 1.165) is 19.2 Å². The van der Waals surface area contributed by atoms with Crippen LogP contribution < -0.4 is 0 Å². The maximum Gasteiger partial charge on any atom is 0.417 e. The van der Waals surface area contributed by atoms with Crippen LogP contribution in [0, 0.1) is 0 Å². The summed E-state index contributed by atoms with van der Waals surface area (Å²) in [5.41, 5.74) is -4.08. The molecule has 0 bridgehead atoms. The first-order valence-electron chi connectivity index (χ1n) is 9.34. The first kappa shape index (κ1) is 30.5. The van der Waals surface area contributed by atoms with E-state index in [0.29, 0.717) is 17.0 Å². The fraction of sp³-hybridized carbons (Fsp3) is 0.286. The second kappa shape index (κ2) is 10.9. The Bertz CT molecular complexity index is 1150. The minimum absolute atomic E-state index is 0.0131. The highest BCUT2D eigenvalue weighted by Gasteiger charge is 2.41. The Morgan fingerprint density at radius 1 is 0.944 bits per heavy atom. The molecule has 1 nitrogen and oxygen atoms in total. The van der Waals surface area contributed by atoms with E-state index in [1.165, 1.54) is 0 Å². The lowest BCUT2D eigenvalue weighted by Gasteiger charge is -2.24. The number of nitrogens with zero attached hydrogens (tertiary/aromatic N) is 1. The van der Waals surface area contributed by atoms with Crippen LogP contribution in [0.1, 0.15) is 28.2 Å². The smallest absolute Gasteiger partial charge is 0.356 e. The topological polar surface area (TPSA) is 3.24 Å². The molecule has 0 saturated carbocycles. The van der Waals surface area contributed by atoms with Crippen LogP contribution in [0.15, 0.2) is 36.4 Å². The summed E-state index contributed by atoms with van der Waals surface area (Å²) in [6.45, 7) is -1.67. The van der Waals surface area contributed by atoms with Gasteiger partial charge in [-0.2, -0.15) is 39.5 Å². The highest BCUT2D eigenvalue weighted by molar-refractivity contribution is 7.80. The molecule has 0 aliphatic carbocycles. The highest BCUT2D eigenvalue weighted by atomic mass is 35.5. The fourth-order valence-corrected chi connectivity index (χ4v) is 3.89. The van der Waals surface area contributed by atoms with Crippen molar-refractivity contribution < 1.29 is 43.9 Å². The van der Waals surface area contributed by atoms with E-state index >= 15 is 0 Å². The van der Waals surface area contributed by atoms with Crippen molar-refractivity contribution >= 4 is 57.8 Å². The second-order valence-corrected chi connectivity index (χ2v) is 8.95. The van der Waals surface area contributed by atoms with Gasteiger partial charge in [-0.15, -0.1) is 0 Å². The summed E-state index contributed by atoms with van der Waals surface area (Å²) in [4.78, 5) is -0.520. The molecule has 15 heteroatoms. The Morgan fingerprint density at radius 2 is 1.47 bits per heavy atom. The van der Waals surface area contributed by atoms with Gasteiger partial charge in [0.15, 0.2) is 0 Å². The van der Waals surface area contributed by atoms with Gasteiger partial charge < -0.3 is 4.90 Å². The number of allylic oxidation sites excluding steroid dienone is 1. The minimum Gasteiger partial charge on any atom is -0.356 e. The molecule has 0 radical (unpaired) electrons. The molecule has 0 aromatic heterocycles. The summed E-state index contributed by atoms with van der Waals surface area (Å²) in [5.74, 6) is -4.39. The zero-order chi connectivity index (χ0) is 27.8. The van der Waals surface area contributed by atoms with Crippen LogP contribution >= 0.6 is 47.0 Å². The van der Waals surface area contributed by atoms with E-state index in [1.54, 1.807) is 0 Å². The van der Waals surface area contributed by atoms with Crippen LogP contribution in [0.4, 0.5) is 43.9 Å². The van der Waals surface area contributed by atoms with E-state index in [-0.39, 0.29) is 27.2 Å². The van der Waals surface area contributed by atoms with Crippen LogP contribution in [-0.4, -0.2) is 35.8 Å². The molecule has 36 heavy (non-hydrogen) atoms. The number of benzene rings is 2. The summed E-state index contributed by atoms with van der Waals surface area (Å²) < 4.78 is 135. The standard InChI is InChI=1S/C21H12Cl3F10NS/c1-35(8-19(26,27)28)18(36)11-3-2-9(4-13(11)21(32,33)34)16(25)7-12(20(29,30)31)10-5-14(22)17(24)15(23)6-10/h2-7,12H,8H2,1H3/b16-7-. The molecule has 2 rings (SSSR count). The summed E-state index contributed by atoms with van der Waals surface area (Å²) in [5, 5.41) is -1.01. The monoisotopic (exact) mass is 605 g/mol. The molecule has 2 aromatic rings. The van der Waals surface area contributed by atoms with Gasteiger partial charge in [0.05, 0.1) is 20.6 Å². The molecule has 0 aliphatic rings. The maximum absolute atomic E-state index is 14.9. The second-order valence-electron chi connectivity index (χ2n) is 7.37. The van der Waals surface area contributed by atoms with Gasteiger partial charge >= 0.3 is 18.5 Å². The summed E-state index contributed by atoms with van der Waals surface area (Å²) in [7, 11) is 0.806. The third-order valence-corrected chi connectivity index (χ3v) is 6.35. The number of hydrogen-bond acceptors (Lipinski definition) is 1. The van der Waals surface area contributed by atoms with E-state index in [1.807, 2.05) is 0 Å². The van der Waals surface area contributed by atoms with Crippen LogP contribution in [0.5, 0.6) is 0 Å². The van der Waals surface area contributed by atoms with E-state index in [4.69, 9.17) is 47.0 Å². The lowest BCUT2D eigenvalue weighted by molar-refractivity contribution is -0.140. The van der Waals surface area contributed by atoms with Gasteiger partial charge in [-0.1, -0.05) is 59.2 Å². The normalized spacial score (nSPS) is 14.1. The third kappa shape index (κ3) is 7.62. The van der Waals surface area contributed by atoms with Crippen LogP contribution in [0.25, 0.3) is 5.83 Å². The molecule has 1 unspecified atom stereocenters. The van der Waals surface area contributed by atoms with Crippen molar-refractivity contribution in [1.82, 2.24) is 4.90 Å². The molecule has 198 valence electrons. The summed E-state index contributed by atoms with van der Waals surface area (Å²) in [6, 6.07) is 2.96. The zero-order valence-corrected chi connectivity index (χ0v) is 20.6. The highest BCUT2D eigenvalue weighted by Crippen LogP contribution is 2.43. The Labute approximate surface area is 218 Å². The molecule has 0 aliphatic heterocycles. The Balaban J connectivity index is 2.59. The van der Waals surface area contributed by atoms with Crippen molar-refractivity contribution in [2.24, 2.45) is 0 Å². The van der Waals surface area contributed by atoms with Gasteiger partial charge in [-0.25, -0.2) is 4.39 Å². The van der Waals surface area contributed by atoms with Crippen LogP contribution in [-0.2, 0) is 6.18 Å². The molecular formula is C21H12Cl3F10NS. The molecule has 1 atom stereocenters. The fourth-order valence-electron chi connectivity index (χ4n) is 3.04. The minimum atomic E-state index is -5.23. The third-order valence-electron chi connectivity index (χ3n) is 4.63. The van der Waals surface area contributed by atoms with E-state index < -0.39 is 64.1 Å². The van der Waals surface area contributed by atoms with Gasteiger partial charge in [0.2, 0.25) is 0 Å². The van der Waals surface area contributed by atoms with Crippen molar-refractivity contribution in [1.29, 1.82) is 0 Å². The van der Waals surface area contributed by atoms with Gasteiger partial charge in [-0.05, 0) is 29.8 Å². The van der Waals surface area contributed by atoms with Crippen molar-refractivity contribution in [3.8, 4) is 0 Å². The first-order valence-corrected chi connectivity index (χ1v) is 10.9. The lowest BCUT2D eigenvalue weighted by Crippen LogP contribution is -2.36. The maximum atomic E-state index is 14.9. The molecule has 2 aromatic carbocycles. The summed E-state index contributed by atoms with van der Waals surface area (Å²) >= 11 is 21.9. The van der Waals surface area contributed by atoms with Gasteiger partial charge in [0.25, 0.3) is 0 Å². The van der Waals surface area contributed by atoms with Crippen LogP contribution in [0.2, 0.25) is 15.1 Å². The number of halogens is 13. The number of alkyl halides is 9. The quantitative estimate of drug-likeness (QED) is 0.190. The van der Waals surface area contributed by atoms with E-state index in [9.17, 15) is 43.9 Å². The predicted molar refractivity (Wildman–Crippen MR) is 121 cm³/mol. The van der Waals surface area contributed by atoms with Gasteiger partial charge in [0, 0.05) is 18.2 Å². The molecule has 0 heterocycles. The van der Waals surface area contributed by atoms with Crippen molar-refractivity contribution in [2.45, 2.75) is 24.4 Å². The zero-order valence-electron chi connectivity index (χ0n) is 17.5. The molecular weight excluding hydrogens is 595 g/mol. The Kier molecular flexibility index (Phi) is 9.24. The largest absolute Gasteiger partial charge is 0.417 e. The van der Waals surface area contributed by atoms with Crippen molar-refractivity contribution in [3.63, 3.8) is 0 Å². The van der Waals surface area contributed by atoms with E-state index in [2.05, 4.69) is 0 Å². The average molecular weight is 607 g/mol. The molecule has 0 saturated heterocycles. The van der Waals surface area contributed by atoms with Crippen molar-refractivity contribution in [3.05, 3.63) is 73.7 Å². The molecule has 0 N–H and O–H groups in total. The van der Waals surface area contributed by atoms with Crippen LogP contribution in [0.3, 0.4) is 0 Å². The molecule has 0 fully saturated rings.